The Morgan fingerprint density at radius 1 is 1.50 bits per heavy atom. The molecule has 1 N–H and O–H groups in total. The average molecular weight is 250 g/mol. The quantitative estimate of drug-likeness (QED) is 0.883. The second-order valence-corrected chi connectivity index (χ2v) is 4.58. The van der Waals surface area contributed by atoms with Gasteiger partial charge < -0.3 is 15.0 Å². The van der Waals surface area contributed by atoms with E-state index in [1.54, 1.807) is 0 Å². The summed E-state index contributed by atoms with van der Waals surface area (Å²) in [6.07, 6.45) is 3.24. The van der Waals surface area contributed by atoms with Crippen LogP contribution in [0.3, 0.4) is 0 Å². The summed E-state index contributed by atoms with van der Waals surface area (Å²) >= 11 is 0. The summed E-state index contributed by atoms with van der Waals surface area (Å²) in [7, 11) is 0. The first kappa shape index (κ1) is 13.1. The lowest BCUT2D eigenvalue weighted by atomic mass is 10.2. The zero-order valence-electron chi connectivity index (χ0n) is 11.4. The Bertz CT molecular complexity index is 397. The zero-order valence-corrected chi connectivity index (χ0v) is 11.4. The molecule has 1 aromatic rings. The Balaban J connectivity index is 2.17. The number of anilines is 2. The van der Waals surface area contributed by atoms with Crippen LogP contribution in [0.25, 0.3) is 0 Å². The maximum atomic E-state index is 5.70. The molecule has 5 heteroatoms. The summed E-state index contributed by atoms with van der Waals surface area (Å²) in [5.41, 5.74) is 1.12. The molecule has 1 atom stereocenters. The van der Waals surface area contributed by atoms with Gasteiger partial charge in [-0.05, 0) is 20.3 Å². The molecule has 2 rings (SSSR count). The van der Waals surface area contributed by atoms with Crippen LogP contribution in [0, 0.1) is 6.92 Å². The predicted octanol–water partition coefficient (Wildman–Crippen LogP) is 1.83. The predicted molar refractivity (Wildman–Crippen MR) is 73.2 cm³/mol. The molecule has 1 aliphatic heterocycles. The standard InChI is InChI=1S/C13H22N4O/c1-4-11-9-17(6-7-18-11)12-10(3)8-15-13(16-12)14-5-2/h8,11H,4-7,9H2,1-3H3,(H,14,15,16). The van der Waals surface area contributed by atoms with Crippen LogP contribution in [-0.2, 0) is 4.74 Å². The van der Waals surface area contributed by atoms with E-state index in [1.165, 1.54) is 0 Å². The number of ether oxygens (including phenoxy) is 1. The van der Waals surface area contributed by atoms with Gasteiger partial charge in [-0.2, -0.15) is 4.98 Å². The molecule has 18 heavy (non-hydrogen) atoms. The van der Waals surface area contributed by atoms with Crippen LogP contribution in [0.5, 0.6) is 0 Å². The molecule has 0 spiro atoms. The first-order chi connectivity index (χ1) is 8.74. The molecule has 100 valence electrons. The van der Waals surface area contributed by atoms with Crippen molar-refractivity contribution in [1.29, 1.82) is 0 Å². The van der Waals surface area contributed by atoms with Crippen molar-refractivity contribution < 1.29 is 4.74 Å². The minimum Gasteiger partial charge on any atom is -0.375 e. The van der Waals surface area contributed by atoms with Crippen LogP contribution < -0.4 is 10.2 Å². The monoisotopic (exact) mass is 250 g/mol. The molecule has 0 aromatic carbocycles. The second-order valence-electron chi connectivity index (χ2n) is 4.58. The molecule has 1 fully saturated rings. The normalized spacial score (nSPS) is 19.9. The Kier molecular flexibility index (Phi) is 4.36. The van der Waals surface area contributed by atoms with Gasteiger partial charge in [-0.15, -0.1) is 0 Å². The highest BCUT2D eigenvalue weighted by Gasteiger charge is 2.21. The highest BCUT2D eigenvalue weighted by Crippen LogP contribution is 2.21. The number of hydrogen-bond acceptors (Lipinski definition) is 5. The highest BCUT2D eigenvalue weighted by atomic mass is 16.5. The van der Waals surface area contributed by atoms with Crippen LogP contribution >= 0.6 is 0 Å². The van der Waals surface area contributed by atoms with Gasteiger partial charge in [0.1, 0.15) is 5.82 Å². The van der Waals surface area contributed by atoms with Crippen molar-refractivity contribution in [1.82, 2.24) is 9.97 Å². The molecule has 5 nitrogen and oxygen atoms in total. The van der Waals surface area contributed by atoms with E-state index in [0.29, 0.717) is 12.1 Å². The smallest absolute Gasteiger partial charge is 0.224 e. The summed E-state index contributed by atoms with van der Waals surface area (Å²) in [5.74, 6) is 1.74. The molecular weight excluding hydrogens is 228 g/mol. The van der Waals surface area contributed by atoms with Gasteiger partial charge in [0.15, 0.2) is 0 Å². The molecule has 0 radical (unpaired) electrons. The lowest BCUT2D eigenvalue weighted by molar-refractivity contribution is 0.0381. The van der Waals surface area contributed by atoms with E-state index in [9.17, 15) is 0 Å². The Morgan fingerprint density at radius 3 is 3.06 bits per heavy atom. The molecule has 0 aliphatic carbocycles. The van der Waals surface area contributed by atoms with Crippen molar-refractivity contribution in [2.24, 2.45) is 0 Å². The van der Waals surface area contributed by atoms with Gasteiger partial charge in [0.05, 0.1) is 12.7 Å². The molecule has 1 unspecified atom stereocenters. The summed E-state index contributed by atoms with van der Waals surface area (Å²) in [6, 6.07) is 0. The lowest BCUT2D eigenvalue weighted by Gasteiger charge is -2.34. The fraction of sp³-hybridized carbons (Fsp3) is 0.692. The van der Waals surface area contributed by atoms with Gasteiger partial charge in [-0.3, -0.25) is 0 Å². The Labute approximate surface area is 109 Å². The Morgan fingerprint density at radius 2 is 2.33 bits per heavy atom. The van der Waals surface area contributed by atoms with Crippen molar-refractivity contribution in [3.05, 3.63) is 11.8 Å². The summed E-state index contributed by atoms with van der Waals surface area (Å²) in [4.78, 5) is 11.2. The van der Waals surface area contributed by atoms with Crippen molar-refractivity contribution in [2.75, 3.05) is 36.5 Å². The number of rotatable bonds is 4. The highest BCUT2D eigenvalue weighted by molar-refractivity contribution is 5.49. The van der Waals surface area contributed by atoms with E-state index in [0.717, 1.165) is 44.0 Å². The summed E-state index contributed by atoms with van der Waals surface area (Å²) in [5, 5.41) is 3.16. The maximum absolute atomic E-state index is 5.70. The van der Waals surface area contributed by atoms with Crippen LogP contribution in [0.2, 0.25) is 0 Å². The Hall–Kier alpha value is -1.36. The minimum atomic E-state index is 0.315. The van der Waals surface area contributed by atoms with Crippen LogP contribution in [-0.4, -0.2) is 42.3 Å². The lowest BCUT2D eigenvalue weighted by Crippen LogP contribution is -2.43. The van der Waals surface area contributed by atoms with E-state index in [2.05, 4.69) is 34.0 Å². The molecule has 1 saturated heterocycles. The van der Waals surface area contributed by atoms with Crippen molar-refractivity contribution in [2.45, 2.75) is 33.3 Å². The third-order valence-corrected chi connectivity index (χ3v) is 3.17. The van der Waals surface area contributed by atoms with Crippen molar-refractivity contribution in [3.8, 4) is 0 Å². The number of hydrogen-bond donors (Lipinski definition) is 1. The molecular formula is C13H22N4O. The topological polar surface area (TPSA) is 50.3 Å². The first-order valence-electron chi connectivity index (χ1n) is 6.68. The van der Waals surface area contributed by atoms with Crippen LogP contribution in [0.15, 0.2) is 6.20 Å². The van der Waals surface area contributed by atoms with Gasteiger partial charge >= 0.3 is 0 Å². The maximum Gasteiger partial charge on any atom is 0.224 e. The molecule has 0 saturated carbocycles. The third-order valence-electron chi connectivity index (χ3n) is 3.17. The van der Waals surface area contributed by atoms with Gasteiger partial charge in [0.2, 0.25) is 5.95 Å². The third kappa shape index (κ3) is 2.90. The number of nitrogens with one attached hydrogen (secondary N) is 1. The van der Waals surface area contributed by atoms with E-state index in [4.69, 9.17) is 4.74 Å². The molecule has 0 bridgehead atoms. The summed E-state index contributed by atoms with van der Waals surface area (Å²) < 4.78 is 5.70. The molecule has 1 aliphatic rings. The fourth-order valence-corrected chi connectivity index (χ4v) is 2.16. The number of aromatic nitrogens is 2. The number of nitrogens with zero attached hydrogens (tertiary/aromatic N) is 3. The van der Waals surface area contributed by atoms with Crippen molar-refractivity contribution in [3.63, 3.8) is 0 Å². The zero-order chi connectivity index (χ0) is 13.0. The first-order valence-corrected chi connectivity index (χ1v) is 6.68. The summed E-state index contributed by atoms with van der Waals surface area (Å²) in [6.45, 7) is 9.69. The van der Waals surface area contributed by atoms with E-state index in [-0.39, 0.29) is 0 Å². The fourth-order valence-electron chi connectivity index (χ4n) is 2.16. The SMILES string of the molecule is CCNc1ncc(C)c(N2CCOC(CC)C2)n1. The van der Waals surface area contributed by atoms with E-state index < -0.39 is 0 Å². The van der Waals surface area contributed by atoms with Gasteiger partial charge in [-0.25, -0.2) is 4.98 Å². The molecule has 2 heterocycles. The van der Waals surface area contributed by atoms with Gasteiger partial charge in [0.25, 0.3) is 0 Å². The molecule has 1 aromatic heterocycles. The van der Waals surface area contributed by atoms with Gasteiger partial charge in [0, 0.05) is 31.4 Å². The van der Waals surface area contributed by atoms with E-state index >= 15 is 0 Å². The number of aryl methyl sites for hydroxylation is 1. The minimum absolute atomic E-state index is 0.315. The van der Waals surface area contributed by atoms with Crippen LogP contribution in [0.4, 0.5) is 11.8 Å². The second kappa shape index (κ2) is 6.00. The van der Waals surface area contributed by atoms with E-state index in [1.807, 2.05) is 13.1 Å². The number of morpholine rings is 1. The largest absolute Gasteiger partial charge is 0.375 e. The van der Waals surface area contributed by atoms with Crippen molar-refractivity contribution >= 4 is 11.8 Å². The molecule has 0 amide bonds. The average Bonchev–Trinajstić information content (AvgIpc) is 2.41. The van der Waals surface area contributed by atoms with Crippen LogP contribution in [0.1, 0.15) is 25.8 Å². The van der Waals surface area contributed by atoms with Gasteiger partial charge in [-0.1, -0.05) is 6.92 Å².